The smallest absolute Gasteiger partial charge is 0.318 e. The van der Waals surface area contributed by atoms with Gasteiger partial charge in [-0.05, 0) is 18.4 Å². The molecule has 0 aliphatic heterocycles. The van der Waals surface area contributed by atoms with E-state index in [-0.39, 0.29) is 0 Å². The minimum absolute atomic E-state index is 0.754. The van der Waals surface area contributed by atoms with Crippen LogP contribution in [0.15, 0.2) is 0 Å². The van der Waals surface area contributed by atoms with Crippen molar-refractivity contribution in [3.8, 4) is 0 Å². The monoisotopic (exact) mass is 232 g/mol. The fraction of sp³-hybridized carbons (Fsp3) is 1.00. The van der Waals surface area contributed by atoms with Gasteiger partial charge in [0.2, 0.25) is 0 Å². The highest BCUT2D eigenvalue weighted by Crippen LogP contribution is 2.43. The molecule has 0 radical (unpaired) electrons. The summed E-state index contributed by atoms with van der Waals surface area (Å²) < 4.78 is 11.8. The van der Waals surface area contributed by atoms with E-state index in [0.717, 1.165) is 5.54 Å². The number of hydrogen-bond donors (Lipinski definition) is 0. The van der Waals surface area contributed by atoms with Crippen molar-refractivity contribution in [2.45, 2.75) is 50.9 Å². The largest absolute Gasteiger partial charge is 0.400 e. The molecule has 4 heteroatoms. The first-order valence-electron chi connectivity index (χ1n) is 5.58. The van der Waals surface area contributed by atoms with Crippen molar-refractivity contribution in [1.82, 2.24) is 0 Å². The average Bonchev–Trinajstić information content (AvgIpc) is 2.58. The zero-order chi connectivity index (χ0) is 10.8. The second kappa shape index (κ2) is 4.47. The van der Waals surface area contributed by atoms with E-state index in [9.17, 15) is 0 Å². The first-order chi connectivity index (χ1) is 6.48. The molecule has 1 fully saturated rings. The second-order valence-electron chi connectivity index (χ2n) is 5.31. The molecule has 0 saturated heterocycles. The molecule has 0 heterocycles. The highest BCUT2D eigenvalue weighted by Gasteiger charge is 2.55. The van der Waals surface area contributed by atoms with Crippen molar-refractivity contribution in [1.29, 1.82) is 0 Å². The molecule has 84 valence electrons. The van der Waals surface area contributed by atoms with Crippen LogP contribution in [0, 0.1) is 0 Å². The molecule has 0 atom stereocenters. The predicted octanol–water partition coefficient (Wildman–Crippen LogP) is 3.08. The highest BCUT2D eigenvalue weighted by atomic mass is 29.3. The third kappa shape index (κ3) is 1.98. The first-order valence-corrected chi connectivity index (χ1v) is 12.0. The molecular weight excluding hydrogens is 208 g/mol. The van der Waals surface area contributed by atoms with E-state index in [2.05, 4.69) is 19.6 Å². The molecule has 0 amide bonds. The van der Waals surface area contributed by atoms with Crippen LogP contribution in [0.4, 0.5) is 0 Å². The molecular formula is C10H24O2Si2. The number of rotatable bonds is 4. The quantitative estimate of drug-likeness (QED) is 0.694. The molecule has 0 aromatic carbocycles. The van der Waals surface area contributed by atoms with Gasteiger partial charge in [-0.2, -0.15) is 0 Å². The molecule has 0 spiro atoms. The highest BCUT2D eigenvalue weighted by molar-refractivity contribution is 7.36. The molecule has 0 bridgehead atoms. The Morgan fingerprint density at radius 1 is 0.929 bits per heavy atom. The van der Waals surface area contributed by atoms with Crippen LogP contribution in [0.3, 0.4) is 0 Å². The van der Waals surface area contributed by atoms with Crippen LogP contribution in [0.5, 0.6) is 0 Å². The summed E-state index contributed by atoms with van der Waals surface area (Å²) in [5.41, 5.74) is 0.754. The molecule has 0 aromatic rings. The molecule has 1 aliphatic carbocycles. The molecule has 2 nitrogen and oxygen atoms in total. The lowest BCUT2D eigenvalue weighted by atomic mass is 10.4. The lowest BCUT2D eigenvalue weighted by Crippen LogP contribution is -2.63. The van der Waals surface area contributed by atoms with Crippen LogP contribution in [-0.4, -0.2) is 29.9 Å². The van der Waals surface area contributed by atoms with Gasteiger partial charge in [-0.1, -0.05) is 32.5 Å². The molecule has 1 aliphatic rings. The van der Waals surface area contributed by atoms with Crippen molar-refractivity contribution in [2.24, 2.45) is 0 Å². The van der Waals surface area contributed by atoms with Crippen LogP contribution in [0.2, 0.25) is 25.2 Å². The van der Waals surface area contributed by atoms with E-state index in [1.54, 1.807) is 0 Å². The van der Waals surface area contributed by atoms with E-state index < -0.39 is 15.7 Å². The Kier molecular flexibility index (Phi) is 3.97. The van der Waals surface area contributed by atoms with Gasteiger partial charge in [-0.25, -0.2) is 0 Å². The van der Waals surface area contributed by atoms with Gasteiger partial charge in [0.15, 0.2) is 0 Å². The summed E-state index contributed by atoms with van der Waals surface area (Å²) in [6.45, 7) is 7.18. The molecule has 0 aromatic heterocycles. The predicted molar refractivity (Wildman–Crippen MR) is 65.3 cm³/mol. The van der Waals surface area contributed by atoms with Crippen molar-refractivity contribution < 1.29 is 8.85 Å². The zero-order valence-electron chi connectivity index (χ0n) is 10.2. The van der Waals surface area contributed by atoms with Gasteiger partial charge in [-0.3, -0.25) is 0 Å². The summed E-state index contributed by atoms with van der Waals surface area (Å²) in [6, 6.07) is 0. The maximum absolute atomic E-state index is 5.91. The Bertz CT molecular complexity index is 179. The van der Waals surface area contributed by atoms with Gasteiger partial charge in [0.25, 0.3) is 0 Å². The van der Waals surface area contributed by atoms with Crippen LogP contribution in [-0.2, 0) is 8.85 Å². The van der Waals surface area contributed by atoms with Crippen LogP contribution in [0.1, 0.15) is 25.7 Å². The average molecular weight is 232 g/mol. The van der Waals surface area contributed by atoms with Crippen molar-refractivity contribution in [2.75, 3.05) is 14.2 Å². The van der Waals surface area contributed by atoms with Gasteiger partial charge in [0.1, 0.15) is 7.59 Å². The fourth-order valence-corrected chi connectivity index (χ4v) is 15.6. The Hall–Kier alpha value is 0.354. The van der Waals surface area contributed by atoms with Crippen LogP contribution >= 0.6 is 0 Å². The van der Waals surface area contributed by atoms with E-state index in [0.29, 0.717) is 0 Å². The Balaban J connectivity index is 2.89. The standard InChI is InChI=1S/C10H24O2Si2/c1-11-14(12-2,13(3,4)5)10-8-6-7-9-10/h10H,6-9H2,1-5H3. The lowest BCUT2D eigenvalue weighted by Gasteiger charge is -2.42. The Morgan fingerprint density at radius 2 is 1.36 bits per heavy atom. The summed E-state index contributed by atoms with van der Waals surface area (Å²) in [5, 5.41) is 0. The van der Waals surface area contributed by atoms with Crippen molar-refractivity contribution in [3.05, 3.63) is 0 Å². The van der Waals surface area contributed by atoms with E-state index in [4.69, 9.17) is 8.85 Å². The van der Waals surface area contributed by atoms with Gasteiger partial charge < -0.3 is 8.85 Å². The van der Waals surface area contributed by atoms with E-state index >= 15 is 0 Å². The first kappa shape index (κ1) is 12.4. The maximum atomic E-state index is 5.91. The molecule has 14 heavy (non-hydrogen) atoms. The van der Waals surface area contributed by atoms with Crippen LogP contribution < -0.4 is 0 Å². The Morgan fingerprint density at radius 3 is 1.64 bits per heavy atom. The third-order valence-electron chi connectivity index (χ3n) is 3.54. The molecule has 0 unspecified atom stereocenters. The zero-order valence-corrected chi connectivity index (χ0v) is 12.2. The molecule has 1 saturated carbocycles. The van der Waals surface area contributed by atoms with Gasteiger partial charge in [-0.15, -0.1) is 0 Å². The minimum Gasteiger partial charge on any atom is -0.400 e. The van der Waals surface area contributed by atoms with E-state index in [1.807, 2.05) is 14.2 Å². The summed E-state index contributed by atoms with van der Waals surface area (Å²) >= 11 is 0. The lowest BCUT2D eigenvalue weighted by molar-refractivity contribution is 0.249. The normalized spacial score (nSPS) is 20.4. The summed E-state index contributed by atoms with van der Waals surface area (Å²) in [6.07, 6.45) is 5.41. The van der Waals surface area contributed by atoms with Gasteiger partial charge in [0, 0.05) is 14.2 Å². The van der Waals surface area contributed by atoms with E-state index in [1.165, 1.54) is 25.7 Å². The summed E-state index contributed by atoms with van der Waals surface area (Å²) in [4.78, 5) is 0. The van der Waals surface area contributed by atoms with Gasteiger partial charge in [0.05, 0.1) is 0 Å². The molecule has 1 rings (SSSR count). The topological polar surface area (TPSA) is 18.5 Å². The maximum Gasteiger partial charge on any atom is 0.318 e. The number of hydrogen-bond acceptors (Lipinski definition) is 2. The minimum atomic E-state index is -1.87. The third-order valence-corrected chi connectivity index (χ3v) is 17.2. The summed E-state index contributed by atoms with van der Waals surface area (Å²) in [5.74, 6) is 0. The SMILES string of the molecule is CO[Si](OC)(C1CCCC1)[Si](C)(C)C. The van der Waals surface area contributed by atoms with Gasteiger partial charge >= 0.3 is 8.08 Å². The summed E-state index contributed by atoms with van der Waals surface area (Å²) in [7, 11) is 0.554. The van der Waals surface area contributed by atoms with Crippen LogP contribution in [0.25, 0.3) is 0 Å². The molecule has 0 N–H and O–H groups in total. The van der Waals surface area contributed by atoms with Crippen molar-refractivity contribution >= 4 is 15.7 Å². The Labute approximate surface area is 90.0 Å². The second-order valence-corrected chi connectivity index (χ2v) is 19.4. The van der Waals surface area contributed by atoms with Crippen molar-refractivity contribution in [3.63, 3.8) is 0 Å². The fourth-order valence-electron chi connectivity index (χ4n) is 2.95.